The summed E-state index contributed by atoms with van der Waals surface area (Å²) in [5, 5.41) is 7.62. The SMILES string of the molecule is CCc1ccccc1NC(=O)CN(C)C(=O)C=Cc1cn(-c2ccccc2)nc1-c1cccnc1. The van der Waals surface area contributed by atoms with Gasteiger partial charge >= 0.3 is 0 Å². The van der Waals surface area contributed by atoms with Crippen LogP contribution >= 0.6 is 0 Å². The van der Waals surface area contributed by atoms with Gasteiger partial charge in [-0.3, -0.25) is 14.6 Å². The normalized spacial score (nSPS) is 10.9. The first-order valence-electron chi connectivity index (χ1n) is 11.4. The molecule has 0 aliphatic rings. The third-order valence-electron chi connectivity index (χ3n) is 5.53. The molecule has 0 aliphatic carbocycles. The highest BCUT2D eigenvalue weighted by molar-refractivity contribution is 5.98. The van der Waals surface area contributed by atoms with E-state index in [9.17, 15) is 9.59 Å². The first kappa shape index (κ1) is 23.6. The Labute approximate surface area is 204 Å². The minimum Gasteiger partial charge on any atom is -0.333 e. The molecule has 0 fully saturated rings. The molecule has 0 radical (unpaired) electrons. The Balaban J connectivity index is 1.49. The molecule has 0 unspecified atom stereocenters. The van der Waals surface area contributed by atoms with Gasteiger partial charge in [-0.1, -0.05) is 43.3 Å². The summed E-state index contributed by atoms with van der Waals surface area (Å²) in [5.74, 6) is -0.531. The second kappa shape index (κ2) is 11.1. The van der Waals surface area contributed by atoms with Crippen LogP contribution in [0.5, 0.6) is 0 Å². The van der Waals surface area contributed by atoms with Crippen LogP contribution in [0.2, 0.25) is 0 Å². The zero-order valence-electron chi connectivity index (χ0n) is 19.8. The molecule has 7 nitrogen and oxygen atoms in total. The van der Waals surface area contributed by atoms with Gasteiger partial charge < -0.3 is 10.2 Å². The van der Waals surface area contributed by atoms with Gasteiger partial charge in [0.05, 0.1) is 12.2 Å². The maximum absolute atomic E-state index is 12.8. The predicted molar refractivity (Wildman–Crippen MR) is 138 cm³/mol. The van der Waals surface area contributed by atoms with Crippen LogP contribution in [0.25, 0.3) is 23.0 Å². The van der Waals surface area contributed by atoms with E-state index < -0.39 is 0 Å². The second-order valence-electron chi connectivity index (χ2n) is 8.04. The van der Waals surface area contributed by atoms with Crippen LogP contribution in [0.15, 0.2) is 91.4 Å². The van der Waals surface area contributed by atoms with Crippen LogP contribution in [0.4, 0.5) is 5.69 Å². The molecular formula is C28H27N5O2. The van der Waals surface area contributed by atoms with Gasteiger partial charge in [0.2, 0.25) is 11.8 Å². The van der Waals surface area contributed by atoms with Gasteiger partial charge in [-0.05, 0) is 48.4 Å². The lowest BCUT2D eigenvalue weighted by Crippen LogP contribution is -2.34. The smallest absolute Gasteiger partial charge is 0.246 e. The van der Waals surface area contributed by atoms with Crippen LogP contribution < -0.4 is 5.32 Å². The van der Waals surface area contributed by atoms with Crippen molar-refractivity contribution in [3.63, 3.8) is 0 Å². The molecule has 1 N–H and O–H groups in total. The molecule has 0 saturated carbocycles. The lowest BCUT2D eigenvalue weighted by Gasteiger charge is -2.16. The minimum atomic E-state index is -0.284. The quantitative estimate of drug-likeness (QED) is 0.386. The monoisotopic (exact) mass is 465 g/mol. The van der Waals surface area contributed by atoms with Crippen molar-refractivity contribution in [1.82, 2.24) is 19.7 Å². The van der Waals surface area contributed by atoms with Crippen molar-refractivity contribution in [3.8, 4) is 16.9 Å². The van der Waals surface area contributed by atoms with E-state index in [0.717, 1.165) is 34.5 Å². The molecule has 0 saturated heterocycles. The molecule has 2 aromatic heterocycles. The Bertz CT molecular complexity index is 1330. The lowest BCUT2D eigenvalue weighted by molar-refractivity contribution is -0.129. The number of hydrogen-bond donors (Lipinski definition) is 1. The lowest BCUT2D eigenvalue weighted by atomic mass is 10.1. The molecule has 0 bridgehead atoms. The maximum atomic E-state index is 12.8. The molecule has 176 valence electrons. The number of anilines is 1. The number of aryl methyl sites for hydroxylation is 1. The number of nitrogens with zero attached hydrogens (tertiary/aromatic N) is 4. The van der Waals surface area contributed by atoms with Crippen molar-refractivity contribution in [2.24, 2.45) is 0 Å². The van der Waals surface area contributed by atoms with Crippen LogP contribution in [0, 0.1) is 0 Å². The summed E-state index contributed by atoms with van der Waals surface area (Å²) in [6.45, 7) is 1.98. The van der Waals surface area contributed by atoms with Crippen molar-refractivity contribution in [2.75, 3.05) is 18.9 Å². The fraction of sp³-hybridized carbons (Fsp3) is 0.143. The van der Waals surface area contributed by atoms with Crippen LogP contribution in [0.3, 0.4) is 0 Å². The molecule has 2 amide bonds. The Kier molecular flexibility index (Phi) is 7.47. The van der Waals surface area contributed by atoms with Crippen molar-refractivity contribution >= 4 is 23.6 Å². The number of para-hydroxylation sites is 2. The topological polar surface area (TPSA) is 80.1 Å². The van der Waals surface area contributed by atoms with E-state index in [1.54, 1.807) is 30.2 Å². The van der Waals surface area contributed by atoms with E-state index in [1.807, 2.05) is 79.9 Å². The summed E-state index contributed by atoms with van der Waals surface area (Å²) in [6, 6.07) is 21.2. The summed E-state index contributed by atoms with van der Waals surface area (Å²) in [7, 11) is 1.60. The average molecular weight is 466 g/mol. The zero-order valence-corrected chi connectivity index (χ0v) is 19.8. The summed E-state index contributed by atoms with van der Waals surface area (Å²) in [6.07, 6.45) is 9.30. The molecule has 4 aromatic rings. The first-order valence-corrected chi connectivity index (χ1v) is 11.4. The molecule has 35 heavy (non-hydrogen) atoms. The number of carbonyl (C=O) groups is 2. The third-order valence-corrected chi connectivity index (χ3v) is 5.53. The standard InChI is InChI=1S/C28H27N5O2/c1-3-21-10-7-8-14-25(21)30-26(34)20-32(2)27(35)16-15-23-19-33(24-12-5-4-6-13-24)31-28(23)22-11-9-17-29-18-22/h4-19H,3,20H2,1-2H3,(H,30,34). The number of hydrogen-bond acceptors (Lipinski definition) is 4. The number of aromatic nitrogens is 3. The molecule has 0 aliphatic heterocycles. The number of likely N-dealkylation sites (N-methyl/N-ethyl adjacent to an activating group) is 1. The van der Waals surface area contributed by atoms with Gasteiger partial charge in [-0.15, -0.1) is 0 Å². The highest BCUT2D eigenvalue weighted by Crippen LogP contribution is 2.24. The Morgan fingerprint density at radius 2 is 1.80 bits per heavy atom. The first-order chi connectivity index (χ1) is 17.0. The van der Waals surface area contributed by atoms with Crippen molar-refractivity contribution < 1.29 is 9.59 Å². The Morgan fingerprint density at radius 1 is 1.03 bits per heavy atom. The van der Waals surface area contributed by atoms with Gasteiger partial charge in [-0.2, -0.15) is 5.10 Å². The van der Waals surface area contributed by atoms with Crippen molar-refractivity contribution in [1.29, 1.82) is 0 Å². The Morgan fingerprint density at radius 3 is 2.54 bits per heavy atom. The van der Waals surface area contributed by atoms with E-state index in [0.29, 0.717) is 5.69 Å². The molecule has 2 aromatic carbocycles. The average Bonchev–Trinajstić information content (AvgIpc) is 3.33. The highest BCUT2D eigenvalue weighted by Gasteiger charge is 2.14. The molecule has 2 heterocycles. The van der Waals surface area contributed by atoms with E-state index >= 15 is 0 Å². The second-order valence-corrected chi connectivity index (χ2v) is 8.04. The van der Waals surface area contributed by atoms with E-state index in [4.69, 9.17) is 5.10 Å². The van der Waals surface area contributed by atoms with Crippen LogP contribution in [0.1, 0.15) is 18.1 Å². The number of carbonyl (C=O) groups excluding carboxylic acids is 2. The van der Waals surface area contributed by atoms with Gasteiger partial charge in [0.1, 0.15) is 5.69 Å². The van der Waals surface area contributed by atoms with Gasteiger partial charge in [0.25, 0.3) is 0 Å². The summed E-state index contributed by atoms with van der Waals surface area (Å²) in [4.78, 5) is 30.9. The Hall–Kier alpha value is -4.52. The summed E-state index contributed by atoms with van der Waals surface area (Å²) >= 11 is 0. The van der Waals surface area contributed by atoms with Crippen LogP contribution in [-0.2, 0) is 16.0 Å². The summed E-state index contributed by atoms with van der Waals surface area (Å²) < 4.78 is 1.77. The highest BCUT2D eigenvalue weighted by atomic mass is 16.2. The van der Waals surface area contributed by atoms with Crippen molar-refractivity contribution in [3.05, 3.63) is 103 Å². The zero-order chi connectivity index (χ0) is 24.6. The molecular weight excluding hydrogens is 438 g/mol. The van der Waals surface area contributed by atoms with Gasteiger partial charge in [0.15, 0.2) is 0 Å². The molecule has 0 spiro atoms. The van der Waals surface area contributed by atoms with E-state index in [-0.39, 0.29) is 18.4 Å². The fourth-order valence-corrected chi connectivity index (χ4v) is 3.67. The molecule has 4 rings (SSSR count). The van der Waals surface area contributed by atoms with Crippen molar-refractivity contribution in [2.45, 2.75) is 13.3 Å². The summed E-state index contributed by atoms with van der Waals surface area (Å²) in [5.41, 5.74) is 5.05. The number of amides is 2. The number of rotatable bonds is 8. The van der Waals surface area contributed by atoms with Gasteiger partial charge in [-0.25, -0.2) is 4.68 Å². The molecule has 0 atom stereocenters. The third kappa shape index (κ3) is 5.89. The maximum Gasteiger partial charge on any atom is 0.246 e. The van der Waals surface area contributed by atoms with Gasteiger partial charge in [0, 0.05) is 48.5 Å². The fourth-order valence-electron chi connectivity index (χ4n) is 3.67. The van der Waals surface area contributed by atoms with Crippen LogP contribution in [-0.4, -0.2) is 45.1 Å². The largest absolute Gasteiger partial charge is 0.333 e. The number of benzene rings is 2. The predicted octanol–water partition coefficient (Wildman–Crippen LogP) is 4.61. The van der Waals surface area contributed by atoms with E-state index in [2.05, 4.69) is 10.3 Å². The minimum absolute atomic E-state index is 0.0556. The van der Waals surface area contributed by atoms with E-state index in [1.165, 1.54) is 11.0 Å². The number of nitrogens with one attached hydrogen (secondary N) is 1. The molecule has 7 heteroatoms. The number of pyridine rings is 1.